The summed E-state index contributed by atoms with van der Waals surface area (Å²) >= 11 is 0. The number of hydrogen-bond donors (Lipinski definition) is 2. The lowest BCUT2D eigenvalue weighted by molar-refractivity contribution is 0.179. The highest BCUT2D eigenvalue weighted by atomic mass is 16.6. The summed E-state index contributed by atoms with van der Waals surface area (Å²) in [5.74, 6) is 1.73. The molecule has 1 aliphatic rings. The van der Waals surface area contributed by atoms with Crippen LogP contribution in [0.15, 0.2) is 35.6 Å². The smallest absolute Gasteiger partial charge is 0.416 e. The van der Waals surface area contributed by atoms with Crippen molar-refractivity contribution in [2.75, 3.05) is 5.32 Å². The number of para-hydroxylation sites is 2. The van der Waals surface area contributed by atoms with Crippen molar-refractivity contribution in [1.82, 2.24) is 0 Å². The molecule has 114 valence electrons. The lowest BCUT2D eigenvalue weighted by Gasteiger charge is -2.26. The number of hydrogen-bond acceptors (Lipinski definition) is 3. The molecule has 4 heteroatoms. The van der Waals surface area contributed by atoms with E-state index in [4.69, 9.17) is 4.74 Å². The highest BCUT2D eigenvalue weighted by Crippen LogP contribution is 2.34. The number of benzene rings is 1. The van der Waals surface area contributed by atoms with Gasteiger partial charge in [0.1, 0.15) is 11.5 Å². The Labute approximate surface area is 125 Å². The minimum absolute atomic E-state index is 0.0320. The van der Waals surface area contributed by atoms with Gasteiger partial charge in [-0.05, 0) is 42.4 Å². The predicted octanol–water partition coefficient (Wildman–Crippen LogP) is 4.67. The Morgan fingerprint density at radius 1 is 1.38 bits per heavy atom. The van der Waals surface area contributed by atoms with Crippen molar-refractivity contribution < 1.29 is 14.6 Å². The van der Waals surface area contributed by atoms with E-state index in [-0.39, 0.29) is 5.75 Å². The first kappa shape index (κ1) is 15.4. The van der Waals surface area contributed by atoms with Gasteiger partial charge in [-0.25, -0.2) is 4.79 Å². The first-order valence-corrected chi connectivity index (χ1v) is 7.46. The van der Waals surface area contributed by atoms with Gasteiger partial charge in [0.2, 0.25) is 0 Å². The molecule has 1 amide bonds. The molecular weight excluding hydrogens is 266 g/mol. The zero-order valence-electron chi connectivity index (χ0n) is 12.8. The third kappa shape index (κ3) is 4.00. The molecule has 0 saturated carbocycles. The Morgan fingerprint density at radius 3 is 2.76 bits per heavy atom. The lowest BCUT2D eigenvalue weighted by Crippen LogP contribution is -2.19. The van der Waals surface area contributed by atoms with Crippen molar-refractivity contribution in [2.24, 2.45) is 11.8 Å². The van der Waals surface area contributed by atoms with Crippen LogP contribution in [0.25, 0.3) is 0 Å². The molecule has 0 fully saturated rings. The number of carbonyl (C=O) groups excluding carboxylic acids is 1. The molecule has 2 rings (SSSR count). The molecule has 1 unspecified atom stereocenters. The van der Waals surface area contributed by atoms with E-state index in [1.165, 1.54) is 11.6 Å². The lowest BCUT2D eigenvalue weighted by atomic mass is 9.84. The van der Waals surface area contributed by atoms with Crippen LogP contribution in [-0.2, 0) is 4.74 Å². The normalized spacial score (nSPS) is 18.8. The van der Waals surface area contributed by atoms with E-state index in [9.17, 15) is 9.90 Å². The van der Waals surface area contributed by atoms with E-state index in [0.29, 0.717) is 17.5 Å². The van der Waals surface area contributed by atoms with E-state index < -0.39 is 6.09 Å². The van der Waals surface area contributed by atoms with Gasteiger partial charge >= 0.3 is 6.09 Å². The van der Waals surface area contributed by atoms with E-state index in [0.717, 1.165) is 25.0 Å². The van der Waals surface area contributed by atoms with Crippen LogP contribution in [0.5, 0.6) is 5.75 Å². The summed E-state index contributed by atoms with van der Waals surface area (Å²) in [4.78, 5) is 12.0. The summed E-state index contributed by atoms with van der Waals surface area (Å²) in [5, 5.41) is 12.3. The third-order valence-corrected chi connectivity index (χ3v) is 3.85. The molecule has 1 atom stereocenters. The van der Waals surface area contributed by atoms with Crippen LogP contribution in [0.1, 0.15) is 40.0 Å². The van der Waals surface area contributed by atoms with Crippen LogP contribution in [0, 0.1) is 11.8 Å². The number of ether oxygens (including phenoxy) is 1. The average molecular weight is 289 g/mol. The molecule has 0 aliphatic heterocycles. The number of amides is 1. The number of allylic oxidation sites excluding steroid dienone is 2. The summed E-state index contributed by atoms with van der Waals surface area (Å²) in [6.45, 7) is 6.41. The number of nitrogens with one attached hydrogen (secondary N) is 1. The second-order valence-corrected chi connectivity index (χ2v) is 5.98. The van der Waals surface area contributed by atoms with Crippen molar-refractivity contribution in [3.63, 3.8) is 0 Å². The third-order valence-electron chi connectivity index (χ3n) is 3.85. The molecule has 1 aromatic rings. The molecule has 0 heterocycles. The van der Waals surface area contributed by atoms with Gasteiger partial charge in [-0.1, -0.05) is 32.9 Å². The van der Waals surface area contributed by atoms with Gasteiger partial charge < -0.3 is 9.84 Å². The molecule has 0 radical (unpaired) electrons. The van der Waals surface area contributed by atoms with Gasteiger partial charge in [-0.2, -0.15) is 0 Å². The Hall–Kier alpha value is -1.97. The SMILES string of the molecule is CC1CCC(C(C)C)=C(OC(=O)Nc2ccccc2O)C1. The number of carbonyl (C=O) groups is 1. The average Bonchev–Trinajstić information content (AvgIpc) is 2.41. The number of phenolic OH excluding ortho intramolecular Hbond substituents is 1. The minimum atomic E-state index is -0.543. The van der Waals surface area contributed by atoms with E-state index in [2.05, 4.69) is 26.1 Å². The number of phenols is 1. The second-order valence-electron chi connectivity index (χ2n) is 5.98. The van der Waals surface area contributed by atoms with Gasteiger partial charge in [-0.3, -0.25) is 5.32 Å². The van der Waals surface area contributed by atoms with Crippen molar-refractivity contribution in [3.05, 3.63) is 35.6 Å². The molecule has 0 saturated heterocycles. The van der Waals surface area contributed by atoms with E-state index >= 15 is 0 Å². The van der Waals surface area contributed by atoms with Gasteiger partial charge in [-0.15, -0.1) is 0 Å². The maximum Gasteiger partial charge on any atom is 0.416 e. The second kappa shape index (κ2) is 6.66. The van der Waals surface area contributed by atoms with Crippen LogP contribution in [0.2, 0.25) is 0 Å². The molecule has 1 aliphatic carbocycles. The molecule has 0 spiro atoms. The standard InChI is InChI=1S/C17H23NO3/c1-11(2)13-9-8-12(3)10-16(13)21-17(20)18-14-6-4-5-7-15(14)19/h4-7,11-12,19H,8-10H2,1-3H3,(H,18,20). The quantitative estimate of drug-likeness (QED) is 0.795. The Balaban J connectivity index is 2.08. The zero-order chi connectivity index (χ0) is 15.4. The van der Waals surface area contributed by atoms with Crippen molar-refractivity contribution in [3.8, 4) is 5.75 Å². The highest BCUT2D eigenvalue weighted by molar-refractivity contribution is 5.87. The van der Waals surface area contributed by atoms with Crippen molar-refractivity contribution in [2.45, 2.75) is 40.0 Å². The summed E-state index contributed by atoms with van der Waals surface area (Å²) in [7, 11) is 0. The van der Waals surface area contributed by atoms with Crippen molar-refractivity contribution >= 4 is 11.8 Å². The minimum Gasteiger partial charge on any atom is -0.506 e. The fourth-order valence-corrected chi connectivity index (χ4v) is 2.64. The van der Waals surface area contributed by atoms with Gasteiger partial charge in [0.15, 0.2) is 0 Å². The van der Waals surface area contributed by atoms with Crippen LogP contribution in [0.4, 0.5) is 10.5 Å². The fraction of sp³-hybridized carbons (Fsp3) is 0.471. The summed E-state index contributed by atoms with van der Waals surface area (Å²) in [5.41, 5.74) is 1.58. The van der Waals surface area contributed by atoms with Crippen LogP contribution in [-0.4, -0.2) is 11.2 Å². The summed E-state index contributed by atoms with van der Waals surface area (Å²) in [6.07, 6.45) is 2.38. The maximum atomic E-state index is 12.0. The number of rotatable bonds is 3. The maximum absolute atomic E-state index is 12.0. The van der Waals surface area contributed by atoms with E-state index in [1.54, 1.807) is 18.2 Å². The van der Waals surface area contributed by atoms with E-state index in [1.807, 2.05) is 0 Å². The predicted molar refractivity (Wildman–Crippen MR) is 83.1 cm³/mol. The largest absolute Gasteiger partial charge is 0.506 e. The van der Waals surface area contributed by atoms with Gasteiger partial charge in [0.05, 0.1) is 5.69 Å². The zero-order valence-corrected chi connectivity index (χ0v) is 12.8. The molecule has 2 N–H and O–H groups in total. The molecule has 0 aromatic heterocycles. The van der Waals surface area contributed by atoms with Crippen LogP contribution < -0.4 is 5.32 Å². The van der Waals surface area contributed by atoms with Gasteiger partial charge in [0.25, 0.3) is 0 Å². The molecular formula is C17H23NO3. The number of aromatic hydroxyl groups is 1. The first-order chi connectivity index (χ1) is 9.97. The molecule has 21 heavy (non-hydrogen) atoms. The first-order valence-electron chi connectivity index (χ1n) is 7.46. The summed E-state index contributed by atoms with van der Waals surface area (Å²) < 4.78 is 5.51. The topological polar surface area (TPSA) is 58.6 Å². The molecule has 1 aromatic carbocycles. The number of anilines is 1. The Bertz CT molecular complexity index is 549. The highest BCUT2D eigenvalue weighted by Gasteiger charge is 2.23. The van der Waals surface area contributed by atoms with Crippen LogP contribution >= 0.6 is 0 Å². The summed E-state index contributed by atoms with van der Waals surface area (Å²) in [6, 6.07) is 6.61. The van der Waals surface area contributed by atoms with Gasteiger partial charge in [0, 0.05) is 6.42 Å². The monoisotopic (exact) mass is 289 g/mol. The fourth-order valence-electron chi connectivity index (χ4n) is 2.64. The Morgan fingerprint density at radius 2 is 2.10 bits per heavy atom. The molecule has 4 nitrogen and oxygen atoms in total. The molecule has 0 bridgehead atoms. The Kier molecular flexibility index (Phi) is 4.89. The van der Waals surface area contributed by atoms with Crippen LogP contribution in [0.3, 0.4) is 0 Å². The van der Waals surface area contributed by atoms with Crippen molar-refractivity contribution in [1.29, 1.82) is 0 Å².